The van der Waals surface area contributed by atoms with Crippen LogP contribution in [0.1, 0.15) is 10.6 Å². The molecule has 4 aromatic heterocycles. The topological polar surface area (TPSA) is 63.4 Å². The van der Waals surface area contributed by atoms with Crippen molar-refractivity contribution in [2.45, 2.75) is 6.92 Å². The molecule has 4 heterocycles. The van der Waals surface area contributed by atoms with Gasteiger partial charge in [-0.25, -0.2) is 15.0 Å². The van der Waals surface area contributed by atoms with Gasteiger partial charge in [0.25, 0.3) is 0 Å². The lowest BCUT2D eigenvalue weighted by molar-refractivity contribution is 1.25. The predicted molar refractivity (Wildman–Crippen MR) is 122 cm³/mol. The van der Waals surface area contributed by atoms with Crippen LogP contribution in [0.4, 0.5) is 0 Å². The fourth-order valence-electron chi connectivity index (χ4n) is 2.66. The normalized spacial score (nSPS) is 11.1. The summed E-state index contributed by atoms with van der Waals surface area (Å²) in [4.78, 5) is 24.9. The molecule has 0 unspecified atom stereocenters. The minimum Gasteiger partial charge on any atom is -0.269 e. The van der Waals surface area contributed by atoms with Crippen LogP contribution in [0.2, 0.25) is 0 Å². The number of pyridine rings is 2. The summed E-state index contributed by atoms with van der Waals surface area (Å²) >= 11 is 3.21. The monoisotopic (exact) mass is 405 g/mol. The molecule has 0 amide bonds. The Morgan fingerprint density at radius 2 is 1.93 bits per heavy atom. The zero-order valence-corrected chi connectivity index (χ0v) is 17.3. The lowest BCUT2D eigenvalue weighted by atomic mass is 10.2. The highest BCUT2D eigenvalue weighted by molar-refractivity contribution is 7.20. The first kappa shape index (κ1) is 19.7. The molecule has 0 saturated heterocycles. The molecule has 5 nitrogen and oxygen atoms in total. The van der Waals surface area contributed by atoms with Crippen molar-refractivity contribution in [3.8, 4) is 21.1 Å². The van der Waals surface area contributed by atoms with Crippen LogP contribution in [-0.4, -0.2) is 34.6 Å². The molecule has 140 valence electrons. The number of rotatable bonds is 3. The second kappa shape index (κ2) is 8.77. The number of hydrogen-bond donors (Lipinski definition) is 0. The average molecular weight is 406 g/mol. The van der Waals surface area contributed by atoms with Crippen LogP contribution < -0.4 is 0 Å². The Balaban J connectivity index is 0.00000109. The van der Waals surface area contributed by atoms with Gasteiger partial charge in [-0.15, -0.1) is 35.8 Å². The Kier molecular flexibility index (Phi) is 6.18. The number of aryl methyl sites for hydroxylation is 1. The van der Waals surface area contributed by atoms with Crippen LogP contribution in [0.15, 0.2) is 65.9 Å². The highest BCUT2D eigenvalue weighted by atomic mass is 32.1. The number of amidine groups is 1. The maximum atomic E-state index is 4.84. The molecule has 7 heteroatoms. The second-order valence-corrected chi connectivity index (χ2v) is 7.61. The zero-order chi connectivity index (χ0) is 20.1. The van der Waals surface area contributed by atoms with E-state index in [4.69, 9.17) is 9.97 Å². The van der Waals surface area contributed by atoms with Crippen molar-refractivity contribution in [2.75, 3.05) is 7.05 Å². The van der Waals surface area contributed by atoms with Gasteiger partial charge >= 0.3 is 0 Å². The van der Waals surface area contributed by atoms with Gasteiger partial charge in [0.05, 0.1) is 21.1 Å². The molecule has 0 N–H and O–H groups in total. The smallest absolute Gasteiger partial charge is 0.164 e. The van der Waals surface area contributed by atoms with Crippen molar-refractivity contribution < 1.29 is 0 Å². The Labute approximate surface area is 171 Å². The molecule has 0 saturated carbocycles. The number of thiophene rings is 1. The fraction of sp³-hybridized carbons (Fsp3) is 0.0952. The Hall–Kier alpha value is -3.03. The molecule has 0 aliphatic carbocycles. The third-order valence-corrected chi connectivity index (χ3v) is 6.17. The molecule has 28 heavy (non-hydrogen) atoms. The van der Waals surface area contributed by atoms with Gasteiger partial charge in [0.1, 0.15) is 9.84 Å². The lowest BCUT2D eigenvalue weighted by Gasteiger charge is -1.97. The standard InChI is InChI=1S/C19H15N5S2.C2H4/c1-11-16(26-19(23-11)13-5-4-8-22-10-13)14-7-6-12-9-15(17(20-2)21-3)25-18(12)24-14;1-2/h4-10H,2H2,1,3H3;1-2H2. The van der Waals surface area contributed by atoms with Gasteiger partial charge in [-0.1, -0.05) is 0 Å². The maximum Gasteiger partial charge on any atom is 0.164 e. The van der Waals surface area contributed by atoms with Gasteiger partial charge in [-0.2, -0.15) is 0 Å². The van der Waals surface area contributed by atoms with E-state index in [-0.39, 0.29) is 0 Å². The van der Waals surface area contributed by atoms with Crippen LogP contribution >= 0.6 is 22.7 Å². The number of nitrogens with zero attached hydrogens (tertiary/aromatic N) is 5. The van der Waals surface area contributed by atoms with Crippen molar-refractivity contribution >= 4 is 45.4 Å². The molecule has 4 rings (SSSR count). The number of thiazole rings is 1. The van der Waals surface area contributed by atoms with E-state index < -0.39 is 0 Å². The van der Waals surface area contributed by atoms with E-state index in [0.717, 1.165) is 41.9 Å². The Morgan fingerprint density at radius 3 is 2.61 bits per heavy atom. The van der Waals surface area contributed by atoms with Crippen LogP contribution in [-0.2, 0) is 0 Å². The summed E-state index contributed by atoms with van der Waals surface area (Å²) in [6, 6.07) is 10.1. The number of aliphatic imine (C=N–C) groups is 2. The molecule has 0 radical (unpaired) electrons. The number of hydrogen-bond acceptors (Lipinski definition) is 6. The molecular formula is C21H19N5S2. The molecule has 0 aromatic carbocycles. The van der Waals surface area contributed by atoms with Crippen LogP contribution in [0.5, 0.6) is 0 Å². The first-order chi connectivity index (χ1) is 13.7. The van der Waals surface area contributed by atoms with Gasteiger partial charge in [-0.3, -0.25) is 9.98 Å². The Bertz CT molecular complexity index is 1140. The first-order valence-electron chi connectivity index (χ1n) is 8.42. The van der Waals surface area contributed by atoms with Gasteiger partial charge in [0, 0.05) is 30.4 Å². The van der Waals surface area contributed by atoms with Crippen LogP contribution in [0.3, 0.4) is 0 Å². The third kappa shape index (κ3) is 3.81. The van der Waals surface area contributed by atoms with Gasteiger partial charge in [0.2, 0.25) is 0 Å². The summed E-state index contributed by atoms with van der Waals surface area (Å²) in [6.07, 6.45) is 3.60. The van der Waals surface area contributed by atoms with Crippen molar-refractivity contribution in [3.63, 3.8) is 0 Å². The first-order valence-corrected chi connectivity index (χ1v) is 10.1. The fourth-order valence-corrected chi connectivity index (χ4v) is 4.72. The minimum atomic E-state index is 0.641. The van der Waals surface area contributed by atoms with Crippen molar-refractivity contribution in [1.82, 2.24) is 15.0 Å². The van der Waals surface area contributed by atoms with E-state index in [1.54, 1.807) is 35.9 Å². The van der Waals surface area contributed by atoms with E-state index in [2.05, 4.69) is 40.9 Å². The van der Waals surface area contributed by atoms with Crippen molar-refractivity contribution in [2.24, 2.45) is 9.98 Å². The summed E-state index contributed by atoms with van der Waals surface area (Å²) in [5.41, 5.74) is 2.92. The molecule has 0 aliphatic heterocycles. The summed E-state index contributed by atoms with van der Waals surface area (Å²) in [5, 5.41) is 2.03. The van der Waals surface area contributed by atoms with Crippen LogP contribution in [0.25, 0.3) is 31.4 Å². The van der Waals surface area contributed by atoms with Gasteiger partial charge < -0.3 is 0 Å². The third-order valence-electron chi connectivity index (χ3n) is 3.90. The lowest BCUT2D eigenvalue weighted by Crippen LogP contribution is -1.90. The molecule has 0 aliphatic rings. The predicted octanol–water partition coefficient (Wildman–Crippen LogP) is 5.67. The summed E-state index contributed by atoms with van der Waals surface area (Å²) < 4.78 is 0. The highest BCUT2D eigenvalue weighted by Gasteiger charge is 2.14. The van der Waals surface area contributed by atoms with E-state index in [1.165, 1.54) is 0 Å². The SMILES string of the molecule is C=C.C=NC(=NC)c1cc2ccc(-c3sc(-c4cccnc4)nc3C)nc2s1. The maximum absolute atomic E-state index is 4.84. The zero-order valence-electron chi connectivity index (χ0n) is 15.7. The average Bonchev–Trinajstić information content (AvgIpc) is 3.34. The summed E-state index contributed by atoms with van der Waals surface area (Å²) in [6.45, 7) is 11.6. The van der Waals surface area contributed by atoms with E-state index in [0.29, 0.717) is 5.84 Å². The minimum absolute atomic E-state index is 0.641. The largest absolute Gasteiger partial charge is 0.269 e. The molecule has 0 bridgehead atoms. The van der Waals surface area contributed by atoms with E-state index in [9.17, 15) is 0 Å². The quantitative estimate of drug-likeness (QED) is 0.251. The van der Waals surface area contributed by atoms with Crippen molar-refractivity contribution in [1.29, 1.82) is 0 Å². The second-order valence-electron chi connectivity index (χ2n) is 5.58. The number of aromatic nitrogens is 3. The Morgan fingerprint density at radius 1 is 1.11 bits per heavy atom. The van der Waals surface area contributed by atoms with Crippen LogP contribution in [0, 0.1) is 6.92 Å². The molecule has 0 atom stereocenters. The van der Waals surface area contributed by atoms with E-state index in [1.807, 2.05) is 37.4 Å². The van der Waals surface area contributed by atoms with E-state index >= 15 is 0 Å². The summed E-state index contributed by atoms with van der Waals surface area (Å²) in [7, 11) is 1.72. The number of fused-ring (bicyclic) bond motifs is 1. The molecule has 4 aromatic rings. The molecule has 0 fully saturated rings. The molecule has 0 spiro atoms. The molecular weight excluding hydrogens is 386 g/mol. The highest BCUT2D eigenvalue weighted by Crippen LogP contribution is 2.35. The van der Waals surface area contributed by atoms with Gasteiger partial charge in [-0.05, 0) is 44.0 Å². The van der Waals surface area contributed by atoms with Crippen molar-refractivity contribution in [3.05, 3.63) is 66.5 Å². The summed E-state index contributed by atoms with van der Waals surface area (Å²) in [5.74, 6) is 0.641. The van der Waals surface area contributed by atoms with Gasteiger partial charge in [0.15, 0.2) is 5.84 Å².